The molecule has 0 bridgehead atoms. The van der Waals surface area contributed by atoms with E-state index in [0.29, 0.717) is 6.61 Å². The summed E-state index contributed by atoms with van der Waals surface area (Å²) in [5.41, 5.74) is 0. The minimum absolute atomic E-state index is 0.0260. The Balaban J connectivity index is 1.86. The molecule has 0 unspecified atom stereocenters. The Bertz CT molecular complexity index is 878. The van der Waals surface area contributed by atoms with Gasteiger partial charge >= 0.3 is 6.09 Å². The summed E-state index contributed by atoms with van der Waals surface area (Å²) >= 11 is 0. The van der Waals surface area contributed by atoms with Crippen molar-refractivity contribution in [2.75, 3.05) is 27.6 Å². The van der Waals surface area contributed by atoms with Crippen LogP contribution in [0.1, 0.15) is 47.0 Å². The van der Waals surface area contributed by atoms with Crippen molar-refractivity contribution in [2.45, 2.75) is 70.2 Å². The average molecular weight is 500 g/mol. The zero-order chi connectivity index (χ0) is 25.5. The number of rotatable bonds is 9. The fourth-order valence-corrected chi connectivity index (χ4v) is 10.0. The van der Waals surface area contributed by atoms with Crippen LogP contribution in [-0.2, 0) is 18.6 Å². The van der Waals surface area contributed by atoms with E-state index < -0.39 is 8.32 Å². The van der Waals surface area contributed by atoms with Gasteiger partial charge in [-0.15, -0.1) is 0 Å². The lowest BCUT2D eigenvalue weighted by Crippen LogP contribution is -2.66. The summed E-state index contributed by atoms with van der Waals surface area (Å²) in [4.78, 5) is 14.6. The van der Waals surface area contributed by atoms with Crippen LogP contribution in [0.15, 0.2) is 60.7 Å². The van der Waals surface area contributed by atoms with E-state index in [-0.39, 0.29) is 36.1 Å². The molecule has 0 radical (unpaired) electrons. The summed E-state index contributed by atoms with van der Waals surface area (Å²) in [6, 6.07) is 21.2. The first-order valence-electron chi connectivity index (χ1n) is 12.5. The first kappa shape index (κ1) is 27.4. The highest BCUT2D eigenvalue weighted by atomic mass is 28.4. The molecule has 0 aliphatic carbocycles. The number of likely N-dealkylation sites (tertiary alicyclic amines) is 1. The number of carbonyl (C=O) groups is 1. The van der Waals surface area contributed by atoms with Crippen LogP contribution in [-0.4, -0.2) is 65.1 Å². The molecule has 1 fully saturated rings. The van der Waals surface area contributed by atoms with Crippen molar-refractivity contribution in [1.82, 2.24) is 4.90 Å². The Morgan fingerprint density at radius 3 is 2.03 bits per heavy atom. The Kier molecular flexibility index (Phi) is 9.52. The largest absolute Gasteiger partial charge is 0.453 e. The number of ether oxygens (including phenoxy) is 3. The summed E-state index contributed by atoms with van der Waals surface area (Å²) in [6.07, 6.45) is 2.03. The lowest BCUT2D eigenvalue weighted by atomic mass is 9.92. The molecule has 192 valence electrons. The zero-order valence-electron chi connectivity index (χ0n) is 22.0. The van der Waals surface area contributed by atoms with Crippen LogP contribution < -0.4 is 10.4 Å². The first-order chi connectivity index (χ1) is 16.8. The van der Waals surface area contributed by atoms with Crippen molar-refractivity contribution in [3.63, 3.8) is 0 Å². The fourth-order valence-electron chi connectivity index (χ4n) is 5.44. The van der Waals surface area contributed by atoms with Crippen LogP contribution >= 0.6 is 0 Å². The maximum absolute atomic E-state index is 12.8. The van der Waals surface area contributed by atoms with E-state index in [4.69, 9.17) is 18.6 Å². The molecule has 1 aliphatic rings. The average Bonchev–Trinajstić information content (AvgIpc) is 2.86. The number of carbonyl (C=O) groups excluding carboxylic acids is 1. The third-order valence-corrected chi connectivity index (χ3v) is 12.2. The third-order valence-electron chi connectivity index (χ3n) is 7.13. The van der Waals surface area contributed by atoms with E-state index >= 15 is 0 Å². The summed E-state index contributed by atoms with van der Waals surface area (Å²) in [6.45, 7) is 9.63. The number of benzene rings is 2. The first-order valence-corrected chi connectivity index (χ1v) is 14.4. The molecule has 1 aliphatic heterocycles. The van der Waals surface area contributed by atoms with Gasteiger partial charge in [-0.05, 0) is 41.6 Å². The van der Waals surface area contributed by atoms with Crippen LogP contribution in [0, 0.1) is 0 Å². The van der Waals surface area contributed by atoms with Crippen molar-refractivity contribution in [3.8, 4) is 0 Å². The summed E-state index contributed by atoms with van der Waals surface area (Å²) in [5, 5.41) is 2.43. The molecular weight excluding hydrogens is 458 g/mol. The maximum atomic E-state index is 12.8. The van der Waals surface area contributed by atoms with Gasteiger partial charge in [-0.3, -0.25) is 4.90 Å². The lowest BCUT2D eigenvalue weighted by Gasteiger charge is -2.45. The molecule has 1 amide bonds. The molecule has 0 spiro atoms. The molecule has 0 aromatic heterocycles. The maximum Gasteiger partial charge on any atom is 0.410 e. The molecule has 6 nitrogen and oxygen atoms in total. The van der Waals surface area contributed by atoms with Gasteiger partial charge in [-0.1, -0.05) is 81.4 Å². The van der Waals surface area contributed by atoms with Gasteiger partial charge in [0.1, 0.15) is 6.79 Å². The van der Waals surface area contributed by atoms with Crippen molar-refractivity contribution in [1.29, 1.82) is 0 Å². The second-order valence-electron chi connectivity index (χ2n) is 10.3. The molecule has 3 rings (SSSR count). The van der Waals surface area contributed by atoms with Gasteiger partial charge in [0.25, 0.3) is 8.32 Å². The number of methoxy groups -OCH3 is 2. The Morgan fingerprint density at radius 1 is 0.971 bits per heavy atom. The van der Waals surface area contributed by atoms with Crippen LogP contribution in [0.3, 0.4) is 0 Å². The number of hydrogen-bond acceptors (Lipinski definition) is 5. The second-order valence-corrected chi connectivity index (χ2v) is 14.6. The molecular formula is C28H41NO5Si. The number of hydrogen-bond donors (Lipinski definition) is 0. The Labute approximate surface area is 211 Å². The summed E-state index contributed by atoms with van der Waals surface area (Å²) < 4.78 is 23.1. The molecule has 35 heavy (non-hydrogen) atoms. The highest BCUT2D eigenvalue weighted by molar-refractivity contribution is 6.99. The third kappa shape index (κ3) is 5.97. The van der Waals surface area contributed by atoms with Crippen LogP contribution in [0.2, 0.25) is 5.04 Å². The van der Waals surface area contributed by atoms with E-state index in [1.807, 2.05) is 11.8 Å². The van der Waals surface area contributed by atoms with Crippen molar-refractivity contribution >= 4 is 24.8 Å². The quantitative estimate of drug-likeness (QED) is 0.374. The predicted molar refractivity (Wildman–Crippen MR) is 142 cm³/mol. The molecule has 7 heteroatoms. The molecule has 0 N–H and O–H groups in total. The Hall–Kier alpha value is -2.19. The van der Waals surface area contributed by atoms with E-state index in [2.05, 4.69) is 81.4 Å². The smallest absolute Gasteiger partial charge is 0.410 e. The molecule has 0 saturated carbocycles. The summed E-state index contributed by atoms with van der Waals surface area (Å²) in [5.74, 6) is 0. The van der Waals surface area contributed by atoms with Gasteiger partial charge in [0.05, 0.1) is 19.3 Å². The topological polar surface area (TPSA) is 57.2 Å². The highest BCUT2D eigenvalue weighted by Crippen LogP contribution is 2.37. The second kappa shape index (κ2) is 12.2. The van der Waals surface area contributed by atoms with E-state index in [9.17, 15) is 4.79 Å². The van der Waals surface area contributed by atoms with Gasteiger partial charge in [0, 0.05) is 19.8 Å². The standard InChI is InChI=1S/C28H41NO5Si/c1-22-26(33-21-31-5)18-17-23(29(22)27(30)32-6)19-20-34-35(28(2,3)4,24-13-9-7-10-14-24)25-15-11-8-12-16-25/h7-16,22-23,26H,17-21H2,1-6H3/t22-,23-,26-/m1/s1. The molecule has 2 aromatic rings. The zero-order valence-corrected chi connectivity index (χ0v) is 23.0. The molecule has 1 heterocycles. The van der Waals surface area contributed by atoms with Crippen LogP contribution in [0.25, 0.3) is 0 Å². The minimum Gasteiger partial charge on any atom is -0.453 e. The number of nitrogens with zero attached hydrogens (tertiary/aromatic N) is 1. The van der Waals surface area contributed by atoms with Gasteiger partial charge in [-0.25, -0.2) is 4.79 Å². The monoisotopic (exact) mass is 499 g/mol. The molecule has 2 aromatic carbocycles. The SMILES string of the molecule is COCO[C@@H]1CC[C@H](CCO[Si](c2ccccc2)(c2ccccc2)C(C)(C)C)N(C(=O)OC)[C@@H]1C. The van der Waals surface area contributed by atoms with Gasteiger partial charge in [0.15, 0.2) is 0 Å². The Morgan fingerprint density at radius 2 is 1.54 bits per heavy atom. The number of amides is 1. The van der Waals surface area contributed by atoms with E-state index in [1.165, 1.54) is 17.5 Å². The predicted octanol–water partition coefficient (Wildman–Crippen LogP) is 4.56. The van der Waals surface area contributed by atoms with Crippen LogP contribution in [0.5, 0.6) is 0 Å². The highest BCUT2D eigenvalue weighted by Gasteiger charge is 2.50. The van der Waals surface area contributed by atoms with Gasteiger partial charge in [0.2, 0.25) is 0 Å². The normalized spacial score (nSPS) is 21.1. The van der Waals surface area contributed by atoms with E-state index in [1.54, 1.807) is 7.11 Å². The van der Waals surface area contributed by atoms with Crippen molar-refractivity contribution < 1.29 is 23.4 Å². The van der Waals surface area contributed by atoms with E-state index in [0.717, 1.165) is 19.3 Å². The van der Waals surface area contributed by atoms with Gasteiger partial charge < -0.3 is 18.6 Å². The fraction of sp³-hybridized carbons (Fsp3) is 0.536. The van der Waals surface area contributed by atoms with Gasteiger partial charge in [-0.2, -0.15) is 0 Å². The minimum atomic E-state index is -2.62. The number of piperidine rings is 1. The summed E-state index contributed by atoms with van der Waals surface area (Å²) in [7, 11) is 0.427. The van der Waals surface area contributed by atoms with Crippen molar-refractivity contribution in [2.24, 2.45) is 0 Å². The van der Waals surface area contributed by atoms with Crippen molar-refractivity contribution in [3.05, 3.63) is 60.7 Å². The molecule has 3 atom stereocenters. The molecule has 1 saturated heterocycles. The lowest BCUT2D eigenvalue weighted by molar-refractivity contribution is -0.116. The van der Waals surface area contributed by atoms with Crippen LogP contribution in [0.4, 0.5) is 4.79 Å².